The molecule has 0 saturated carbocycles. The van der Waals surface area contributed by atoms with Gasteiger partial charge in [-0.25, -0.2) is 0 Å². The molecule has 1 saturated heterocycles. The van der Waals surface area contributed by atoms with Crippen LogP contribution in [0.15, 0.2) is 36.4 Å². The fourth-order valence-corrected chi connectivity index (χ4v) is 2.69. The molecule has 2 heteroatoms. The van der Waals surface area contributed by atoms with Crippen molar-refractivity contribution < 1.29 is 4.74 Å². The number of methoxy groups -OCH3 is 1. The zero-order valence-electron chi connectivity index (χ0n) is 10.9. The van der Waals surface area contributed by atoms with E-state index >= 15 is 0 Å². The average Bonchev–Trinajstić information content (AvgIpc) is 2.47. The highest BCUT2D eigenvalue weighted by Gasteiger charge is 2.11. The summed E-state index contributed by atoms with van der Waals surface area (Å²) in [7, 11) is 1.71. The minimum absolute atomic E-state index is 0.924. The summed E-state index contributed by atoms with van der Waals surface area (Å²) in [6.07, 6.45) is 4.02. The van der Waals surface area contributed by atoms with Crippen LogP contribution in [-0.4, -0.2) is 20.2 Å². The Morgan fingerprint density at radius 1 is 0.889 bits per heavy atom. The lowest BCUT2D eigenvalue weighted by molar-refractivity contribution is 0.415. The van der Waals surface area contributed by atoms with Gasteiger partial charge in [0.15, 0.2) is 0 Å². The number of piperidine rings is 1. The number of anilines is 1. The molecule has 3 rings (SSSR count). The van der Waals surface area contributed by atoms with Crippen LogP contribution in [0, 0.1) is 0 Å². The second-order valence-corrected chi connectivity index (χ2v) is 4.95. The van der Waals surface area contributed by atoms with Crippen LogP contribution >= 0.6 is 0 Å². The summed E-state index contributed by atoms with van der Waals surface area (Å²) >= 11 is 0. The quantitative estimate of drug-likeness (QED) is 0.792. The van der Waals surface area contributed by atoms with Crippen LogP contribution in [0.5, 0.6) is 5.75 Å². The summed E-state index contributed by atoms with van der Waals surface area (Å²) in [5.74, 6) is 0.924. The lowest BCUT2D eigenvalue weighted by Crippen LogP contribution is -2.29. The highest BCUT2D eigenvalue weighted by atomic mass is 16.5. The van der Waals surface area contributed by atoms with Crippen molar-refractivity contribution in [2.75, 3.05) is 25.1 Å². The number of nitrogens with zero attached hydrogens (tertiary/aromatic N) is 1. The van der Waals surface area contributed by atoms with Crippen LogP contribution in [0.2, 0.25) is 0 Å². The molecule has 0 bridgehead atoms. The van der Waals surface area contributed by atoms with Gasteiger partial charge in [-0.2, -0.15) is 0 Å². The Bertz CT molecular complexity index is 544. The van der Waals surface area contributed by atoms with Gasteiger partial charge in [0.2, 0.25) is 0 Å². The summed E-state index contributed by atoms with van der Waals surface area (Å²) in [5.41, 5.74) is 1.35. The first-order valence-electron chi connectivity index (χ1n) is 6.69. The molecule has 1 fully saturated rings. The predicted octanol–water partition coefficient (Wildman–Crippen LogP) is 3.84. The minimum atomic E-state index is 0.924. The number of ether oxygens (including phenoxy) is 1. The molecule has 1 aliphatic heterocycles. The fraction of sp³-hybridized carbons (Fsp3) is 0.375. The molecule has 1 heterocycles. The first-order valence-corrected chi connectivity index (χ1v) is 6.69. The van der Waals surface area contributed by atoms with E-state index in [-0.39, 0.29) is 0 Å². The molecular formula is C16H19NO. The standard InChI is InChI=1S/C16H19NO/c1-18-16-8-6-13-11-15(7-5-14(13)12-16)17-9-3-2-4-10-17/h5-8,11-12H,2-4,9-10H2,1H3. The summed E-state index contributed by atoms with van der Waals surface area (Å²) in [6, 6.07) is 13.0. The van der Waals surface area contributed by atoms with Crippen molar-refractivity contribution in [1.29, 1.82) is 0 Å². The lowest BCUT2D eigenvalue weighted by Gasteiger charge is -2.29. The molecule has 2 nitrogen and oxygen atoms in total. The Morgan fingerprint density at radius 3 is 2.39 bits per heavy atom. The van der Waals surface area contributed by atoms with E-state index in [9.17, 15) is 0 Å². The Morgan fingerprint density at radius 2 is 1.61 bits per heavy atom. The number of benzene rings is 2. The number of hydrogen-bond acceptors (Lipinski definition) is 2. The molecule has 0 atom stereocenters. The highest BCUT2D eigenvalue weighted by Crippen LogP contribution is 2.27. The highest BCUT2D eigenvalue weighted by molar-refractivity contribution is 5.87. The van der Waals surface area contributed by atoms with Crippen LogP contribution in [-0.2, 0) is 0 Å². The van der Waals surface area contributed by atoms with Gasteiger partial charge in [0, 0.05) is 18.8 Å². The van der Waals surface area contributed by atoms with Gasteiger partial charge in [-0.3, -0.25) is 0 Å². The van der Waals surface area contributed by atoms with Crippen molar-refractivity contribution in [1.82, 2.24) is 0 Å². The van der Waals surface area contributed by atoms with Crippen molar-refractivity contribution in [3.63, 3.8) is 0 Å². The maximum absolute atomic E-state index is 5.26. The molecule has 94 valence electrons. The van der Waals surface area contributed by atoms with E-state index in [1.54, 1.807) is 7.11 Å². The van der Waals surface area contributed by atoms with Crippen LogP contribution in [0.1, 0.15) is 19.3 Å². The van der Waals surface area contributed by atoms with Gasteiger partial charge in [0.1, 0.15) is 5.75 Å². The second-order valence-electron chi connectivity index (χ2n) is 4.95. The monoisotopic (exact) mass is 241 g/mol. The number of hydrogen-bond donors (Lipinski definition) is 0. The molecule has 0 aromatic heterocycles. The molecule has 1 aliphatic rings. The molecule has 0 spiro atoms. The van der Waals surface area contributed by atoms with Crippen LogP contribution < -0.4 is 9.64 Å². The van der Waals surface area contributed by atoms with Crippen molar-refractivity contribution in [2.45, 2.75) is 19.3 Å². The largest absolute Gasteiger partial charge is 0.497 e. The smallest absolute Gasteiger partial charge is 0.119 e. The normalized spacial score (nSPS) is 15.9. The molecule has 18 heavy (non-hydrogen) atoms. The summed E-state index contributed by atoms with van der Waals surface area (Å²) in [6.45, 7) is 2.39. The minimum Gasteiger partial charge on any atom is -0.497 e. The van der Waals surface area contributed by atoms with Gasteiger partial charge in [-0.05, 0) is 54.3 Å². The zero-order chi connectivity index (χ0) is 12.4. The van der Waals surface area contributed by atoms with Crippen molar-refractivity contribution in [2.24, 2.45) is 0 Å². The van der Waals surface area contributed by atoms with E-state index in [1.165, 1.54) is 48.8 Å². The second kappa shape index (κ2) is 4.89. The Kier molecular flexibility index (Phi) is 3.09. The Balaban J connectivity index is 1.95. The van der Waals surface area contributed by atoms with Crippen LogP contribution in [0.3, 0.4) is 0 Å². The third-order valence-electron chi connectivity index (χ3n) is 3.75. The SMILES string of the molecule is COc1ccc2cc(N3CCCCC3)ccc2c1. The molecule has 0 aliphatic carbocycles. The topological polar surface area (TPSA) is 12.5 Å². The van der Waals surface area contributed by atoms with Crippen molar-refractivity contribution in [3.8, 4) is 5.75 Å². The molecule has 0 amide bonds. The van der Waals surface area contributed by atoms with Gasteiger partial charge in [-0.1, -0.05) is 12.1 Å². The van der Waals surface area contributed by atoms with Crippen LogP contribution in [0.4, 0.5) is 5.69 Å². The van der Waals surface area contributed by atoms with Gasteiger partial charge in [0.25, 0.3) is 0 Å². The molecule has 2 aromatic carbocycles. The van der Waals surface area contributed by atoms with E-state index in [1.807, 2.05) is 6.07 Å². The number of rotatable bonds is 2. The van der Waals surface area contributed by atoms with Gasteiger partial charge >= 0.3 is 0 Å². The maximum Gasteiger partial charge on any atom is 0.119 e. The van der Waals surface area contributed by atoms with E-state index in [2.05, 4.69) is 35.2 Å². The van der Waals surface area contributed by atoms with E-state index in [4.69, 9.17) is 4.74 Å². The third kappa shape index (κ3) is 2.15. The van der Waals surface area contributed by atoms with Gasteiger partial charge in [-0.15, -0.1) is 0 Å². The Labute approximate surface area is 108 Å². The molecular weight excluding hydrogens is 222 g/mol. The van der Waals surface area contributed by atoms with E-state index in [0.717, 1.165) is 5.75 Å². The lowest BCUT2D eigenvalue weighted by atomic mass is 10.1. The van der Waals surface area contributed by atoms with E-state index in [0.29, 0.717) is 0 Å². The molecule has 0 N–H and O–H groups in total. The average molecular weight is 241 g/mol. The van der Waals surface area contributed by atoms with Crippen LogP contribution in [0.25, 0.3) is 10.8 Å². The van der Waals surface area contributed by atoms with Gasteiger partial charge in [0.05, 0.1) is 7.11 Å². The summed E-state index contributed by atoms with van der Waals surface area (Å²) < 4.78 is 5.26. The van der Waals surface area contributed by atoms with Crippen molar-refractivity contribution >= 4 is 16.5 Å². The third-order valence-corrected chi connectivity index (χ3v) is 3.75. The maximum atomic E-state index is 5.26. The summed E-state index contributed by atoms with van der Waals surface area (Å²) in [4.78, 5) is 2.49. The fourth-order valence-electron chi connectivity index (χ4n) is 2.69. The Hall–Kier alpha value is -1.70. The predicted molar refractivity (Wildman–Crippen MR) is 76.6 cm³/mol. The van der Waals surface area contributed by atoms with Crippen molar-refractivity contribution in [3.05, 3.63) is 36.4 Å². The summed E-state index contributed by atoms with van der Waals surface area (Å²) in [5, 5.41) is 2.54. The molecule has 2 aromatic rings. The zero-order valence-corrected chi connectivity index (χ0v) is 10.9. The molecule has 0 radical (unpaired) electrons. The number of fused-ring (bicyclic) bond motifs is 1. The van der Waals surface area contributed by atoms with E-state index < -0.39 is 0 Å². The molecule has 0 unspecified atom stereocenters. The first kappa shape index (κ1) is 11.4. The van der Waals surface area contributed by atoms with Gasteiger partial charge < -0.3 is 9.64 Å². The first-order chi connectivity index (χ1) is 8.86.